The van der Waals surface area contributed by atoms with Gasteiger partial charge in [-0.3, -0.25) is 9.59 Å². The zero-order valence-electron chi connectivity index (χ0n) is 17.1. The first-order valence-corrected chi connectivity index (χ1v) is 10.6. The summed E-state index contributed by atoms with van der Waals surface area (Å²) in [5.41, 5.74) is 3.84. The average molecular weight is 419 g/mol. The van der Waals surface area contributed by atoms with Gasteiger partial charge in [0.15, 0.2) is 11.9 Å². The second-order valence-corrected chi connectivity index (χ2v) is 8.49. The minimum absolute atomic E-state index is 0.156. The van der Waals surface area contributed by atoms with Gasteiger partial charge in [0, 0.05) is 4.88 Å². The average Bonchev–Trinajstić information content (AvgIpc) is 3.03. The number of nitrogens with zero attached hydrogens (tertiary/aromatic N) is 1. The van der Waals surface area contributed by atoms with E-state index in [2.05, 4.69) is 9.97 Å². The summed E-state index contributed by atoms with van der Waals surface area (Å²) < 4.78 is 5.53. The molecule has 1 N–H and O–H groups in total. The minimum atomic E-state index is -0.638. The number of hydrogen-bond donors (Lipinski definition) is 1. The smallest absolute Gasteiger partial charge is 0.310 e. The fourth-order valence-corrected chi connectivity index (χ4v) is 4.41. The number of aryl methyl sites for hydroxylation is 2. The summed E-state index contributed by atoms with van der Waals surface area (Å²) in [5, 5.41) is 0.610. The summed E-state index contributed by atoms with van der Waals surface area (Å²) in [7, 11) is 0. The van der Waals surface area contributed by atoms with Crippen molar-refractivity contribution in [2.75, 3.05) is 0 Å². The van der Waals surface area contributed by atoms with Gasteiger partial charge >= 0.3 is 5.97 Å². The normalized spacial score (nSPS) is 12.1. The summed E-state index contributed by atoms with van der Waals surface area (Å²) in [4.78, 5) is 33.9. The lowest BCUT2D eigenvalue weighted by Crippen LogP contribution is -2.18. The highest BCUT2D eigenvalue weighted by Gasteiger charge is 2.18. The van der Waals surface area contributed by atoms with E-state index in [0.29, 0.717) is 16.0 Å². The number of aromatic amines is 1. The Kier molecular flexibility index (Phi) is 5.50. The van der Waals surface area contributed by atoms with Crippen LogP contribution in [0.4, 0.5) is 0 Å². The number of carbonyl (C=O) groups excluding carboxylic acids is 1. The van der Waals surface area contributed by atoms with Crippen LogP contribution in [0.3, 0.4) is 0 Å². The summed E-state index contributed by atoms with van der Waals surface area (Å²) in [5.74, 6) is -0.00206. The van der Waals surface area contributed by atoms with Crippen molar-refractivity contribution < 1.29 is 9.53 Å². The van der Waals surface area contributed by atoms with Crippen LogP contribution in [0.5, 0.6) is 0 Å². The van der Waals surface area contributed by atoms with Crippen molar-refractivity contribution in [3.05, 3.63) is 86.8 Å². The maximum Gasteiger partial charge on any atom is 0.310 e. The van der Waals surface area contributed by atoms with Gasteiger partial charge in [0.25, 0.3) is 5.56 Å². The van der Waals surface area contributed by atoms with Crippen LogP contribution in [0.1, 0.15) is 34.9 Å². The van der Waals surface area contributed by atoms with E-state index in [1.165, 1.54) is 11.3 Å². The SMILES string of the molecule is Cc1sc2nc([C@H](C)OC(=O)Cc3ccc(-c4ccccc4)cc3)[nH]c(=O)c2c1C. The van der Waals surface area contributed by atoms with Gasteiger partial charge in [0.05, 0.1) is 11.8 Å². The third kappa shape index (κ3) is 4.04. The molecule has 1 atom stereocenters. The number of hydrogen-bond acceptors (Lipinski definition) is 5. The molecular weight excluding hydrogens is 396 g/mol. The number of fused-ring (bicyclic) bond motifs is 1. The Balaban J connectivity index is 1.45. The Morgan fingerprint density at radius 2 is 1.73 bits per heavy atom. The van der Waals surface area contributed by atoms with E-state index >= 15 is 0 Å². The monoisotopic (exact) mass is 418 g/mol. The molecule has 2 aromatic carbocycles. The van der Waals surface area contributed by atoms with Gasteiger partial charge in [-0.05, 0) is 43.0 Å². The van der Waals surface area contributed by atoms with Gasteiger partial charge in [0.2, 0.25) is 0 Å². The zero-order valence-corrected chi connectivity index (χ0v) is 17.9. The van der Waals surface area contributed by atoms with Crippen molar-refractivity contribution >= 4 is 27.5 Å². The van der Waals surface area contributed by atoms with Crippen molar-refractivity contribution in [1.82, 2.24) is 9.97 Å². The van der Waals surface area contributed by atoms with Crippen molar-refractivity contribution in [2.24, 2.45) is 0 Å². The van der Waals surface area contributed by atoms with Crippen LogP contribution >= 0.6 is 11.3 Å². The van der Waals surface area contributed by atoms with Gasteiger partial charge in [-0.1, -0.05) is 54.6 Å². The molecule has 0 unspecified atom stereocenters. The van der Waals surface area contributed by atoms with Crippen LogP contribution in [0.2, 0.25) is 0 Å². The first kappa shape index (κ1) is 20.0. The third-order valence-corrected chi connectivity index (χ3v) is 6.26. The molecule has 2 heterocycles. The lowest BCUT2D eigenvalue weighted by Gasteiger charge is -2.13. The van der Waals surface area contributed by atoms with Crippen molar-refractivity contribution in [2.45, 2.75) is 33.3 Å². The van der Waals surface area contributed by atoms with Crippen molar-refractivity contribution in [1.29, 1.82) is 0 Å². The Labute approximate surface area is 178 Å². The summed E-state index contributed by atoms with van der Waals surface area (Å²) in [6.45, 7) is 5.60. The van der Waals surface area contributed by atoms with Gasteiger partial charge in [-0.2, -0.15) is 0 Å². The molecule has 5 nitrogen and oxygen atoms in total. The molecule has 0 amide bonds. The lowest BCUT2D eigenvalue weighted by atomic mass is 10.0. The number of thiophene rings is 1. The van der Waals surface area contributed by atoms with E-state index in [4.69, 9.17) is 4.74 Å². The highest BCUT2D eigenvalue weighted by molar-refractivity contribution is 7.18. The van der Waals surface area contributed by atoms with E-state index in [9.17, 15) is 9.59 Å². The van der Waals surface area contributed by atoms with Crippen LogP contribution in [0.15, 0.2) is 59.4 Å². The molecule has 2 aromatic heterocycles. The fourth-order valence-electron chi connectivity index (χ4n) is 3.37. The highest BCUT2D eigenvalue weighted by atomic mass is 32.1. The Hall–Kier alpha value is -3.25. The quantitative estimate of drug-likeness (QED) is 0.457. The standard InChI is InChI=1S/C24H22N2O3S/c1-14-16(3)30-24-21(14)23(28)25-22(26-24)15(2)29-20(27)13-17-9-11-19(12-10-17)18-7-5-4-6-8-18/h4-12,15H,13H2,1-3H3,(H,25,26,28)/t15-/m0/s1. The number of nitrogens with one attached hydrogen (secondary N) is 1. The molecule has 0 saturated heterocycles. The summed E-state index contributed by atoms with van der Waals surface area (Å²) in [6.07, 6.45) is -0.482. The summed E-state index contributed by atoms with van der Waals surface area (Å²) in [6, 6.07) is 17.9. The van der Waals surface area contributed by atoms with Gasteiger partial charge in [-0.25, -0.2) is 4.98 Å². The van der Waals surface area contributed by atoms with E-state index in [-0.39, 0.29) is 17.9 Å². The lowest BCUT2D eigenvalue weighted by molar-refractivity contribution is -0.148. The molecule has 30 heavy (non-hydrogen) atoms. The van der Waals surface area contributed by atoms with Crippen molar-refractivity contribution in [3.63, 3.8) is 0 Å². The second kappa shape index (κ2) is 8.24. The maximum atomic E-state index is 12.4. The van der Waals surface area contributed by atoms with Crippen LogP contribution in [0, 0.1) is 13.8 Å². The van der Waals surface area contributed by atoms with Gasteiger partial charge in [0.1, 0.15) is 4.83 Å². The molecule has 152 valence electrons. The largest absolute Gasteiger partial charge is 0.454 e. The molecule has 4 aromatic rings. The summed E-state index contributed by atoms with van der Waals surface area (Å²) >= 11 is 1.47. The van der Waals surface area contributed by atoms with E-state index < -0.39 is 6.10 Å². The predicted molar refractivity (Wildman–Crippen MR) is 120 cm³/mol. The zero-order chi connectivity index (χ0) is 21.3. The maximum absolute atomic E-state index is 12.4. The minimum Gasteiger partial charge on any atom is -0.454 e. The Bertz CT molecular complexity index is 1260. The number of rotatable bonds is 5. The Morgan fingerprint density at radius 1 is 1.07 bits per heavy atom. The number of benzene rings is 2. The number of esters is 1. The van der Waals surface area contributed by atoms with E-state index in [0.717, 1.165) is 27.1 Å². The van der Waals surface area contributed by atoms with Crippen LogP contribution in [-0.4, -0.2) is 15.9 Å². The predicted octanol–water partition coefficient (Wildman–Crippen LogP) is 5.12. The van der Waals surface area contributed by atoms with Crippen molar-refractivity contribution in [3.8, 4) is 11.1 Å². The van der Waals surface area contributed by atoms with Crippen LogP contribution in [-0.2, 0) is 16.0 Å². The molecule has 0 saturated carbocycles. The first-order valence-electron chi connectivity index (χ1n) is 9.76. The molecule has 6 heteroatoms. The molecule has 0 spiro atoms. The Morgan fingerprint density at radius 3 is 2.43 bits per heavy atom. The van der Waals surface area contributed by atoms with Crippen LogP contribution in [0.25, 0.3) is 21.3 Å². The molecule has 0 radical (unpaired) electrons. The molecule has 0 aliphatic rings. The molecule has 0 fully saturated rings. The number of H-pyrrole nitrogens is 1. The molecular formula is C24H22N2O3S. The second-order valence-electron chi connectivity index (χ2n) is 7.29. The van der Waals surface area contributed by atoms with E-state index in [1.54, 1.807) is 6.92 Å². The topological polar surface area (TPSA) is 72.0 Å². The number of aromatic nitrogens is 2. The third-order valence-electron chi connectivity index (χ3n) is 5.16. The highest BCUT2D eigenvalue weighted by Crippen LogP contribution is 2.27. The van der Waals surface area contributed by atoms with Gasteiger partial charge < -0.3 is 9.72 Å². The molecule has 0 aliphatic heterocycles. The van der Waals surface area contributed by atoms with E-state index in [1.807, 2.05) is 68.4 Å². The molecule has 0 bridgehead atoms. The fraction of sp³-hybridized carbons (Fsp3) is 0.208. The first-order chi connectivity index (χ1) is 14.4. The number of carbonyl (C=O) groups is 1. The molecule has 4 rings (SSSR count). The molecule has 0 aliphatic carbocycles. The van der Waals surface area contributed by atoms with Gasteiger partial charge in [-0.15, -0.1) is 11.3 Å². The van der Waals surface area contributed by atoms with Crippen LogP contribution < -0.4 is 5.56 Å². The number of ether oxygens (including phenoxy) is 1.